The molecule has 0 atom stereocenters. The monoisotopic (exact) mass is 411 g/mol. The van der Waals surface area contributed by atoms with E-state index in [-0.39, 0.29) is 0 Å². The Morgan fingerprint density at radius 3 is 2.63 bits per heavy atom. The van der Waals surface area contributed by atoms with Crippen molar-refractivity contribution in [2.75, 3.05) is 0 Å². The Balaban J connectivity index is 1.55. The Hall–Kier alpha value is -3.31. The van der Waals surface area contributed by atoms with E-state index in [4.69, 9.17) is 21.6 Å². The molecule has 0 saturated heterocycles. The van der Waals surface area contributed by atoms with Gasteiger partial charge in [-0.25, -0.2) is 19.5 Å². The summed E-state index contributed by atoms with van der Waals surface area (Å²) in [5.74, 6) is 1.44. The molecule has 0 amide bonds. The lowest BCUT2D eigenvalue weighted by Gasteiger charge is -2.23. The van der Waals surface area contributed by atoms with Crippen molar-refractivity contribution in [1.29, 1.82) is 0 Å². The van der Waals surface area contributed by atoms with E-state index in [1.165, 1.54) is 6.42 Å². The fraction of sp³-hybridized carbons (Fsp3) is 0.167. The van der Waals surface area contributed by atoms with E-state index in [1.54, 1.807) is 6.33 Å². The van der Waals surface area contributed by atoms with Crippen molar-refractivity contribution < 1.29 is 0 Å². The molecule has 1 aliphatic carbocycles. The van der Waals surface area contributed by atoms with E-state index in [1.807, 2.05) is 47.1 Å². The lowest BCUT2D eigenvalue weighted by atomic mass is 9.85. The van der Waals surface area contributed by atoms with Crippen LogP contribution in [0.1, 0.15) is 31.0 Å². The number of fused-ring (bicyclic) bond motifs is 2. The molecule has 0 spiro atoms. The van der Waals surface area contributed by atoms with Gasteiger partial charge in [0.2, 0.25) is 0 Å². The number of nitrogens with zero attached hydrogens (tertiary/aromatic N) is 5. The molecule has 6 rings (SSSR count). The van der Waals surface area contributed by atoms with Gasteiger partial charge in [-0.3, -0.25) is 0 Å². The maximum atomic E-state index is 6.71. The molecule has 146 valence electrons. The molecule has 5 aromatic rings. The van der Waals surface area contributed by atoms with Crippen LogP contribution in [0.5, 0.6) is 0 Å². The first-order chi connectivity index (χ1) is 14.8. The molecule has 5 nitrogen and oxygen atoms in total. The third-order valence-corrected chi connectivity index (χ3v) is 6.23. The van der Waals surface area contributed by atoms with E-state index >= 15 is 0 Å². The zero-order valence-corrected chi connectivity index (χ0v) is 16.9. The highest BCUT2D eigenvalue weighted by Crippen LogP contribution is 2.40. The van der Waals surface area contributed by atoms with Crippen LogP contribution < -0.4 is 0 Å². The highest BCUT2D eigenvalue weighted by molar-refractivity contribution is 6.34. The molecule has 0 N–H and O–H groups in total. The Bertz CT molecular complexity index is 1390. The summed E-state index contributed by atoms with van der Waals surface area (Å²) in [5, 5.41) is 6.12. The fourth-order valence-electron chi connectivity index (χ4n) is 4.09. The van der Waals surface area contributed by atoms with Crippen molar-refractivity contribution >= 4 is 28.0 Å². The highest BCUT2D eigenvalue weighted by atomic mass is 35.5. The smallest absolute Gasteiger partial charge is 0.136 e. The first-order valence-corrected chi connectivity index (χ1v) is 10.5. The molecule has 1 aliphatic rings. The zero-order valence-electron chi connectivity index (χ0n) is 16.2. The molecule has 1 fully saturated rings. The number of imidazole rings is 1. The van der Waals surface area contributed by atoms with Crippen molar-refractivity contribution in [1.82, 2.24) is 24.6 Å². The molecule has 0 aliphatic heterocycles. The third kappa shape index (κ3) is 2.77. The lowest BCUT2D eigenvalue weighted by Crippen LogP contribution is -2.13. The summed E-state index contributed by atoms with van der Waals surface area (Å²) in [6.07, 6.45) is 6.91. The van der Waals surface area contributed by atoms with Crippen LogP contribution in [0.4, 0.5) is 0 Å². The van der Waals surface area contributed by atoms with Gasteiger partial charge in [-0.15, -0.1) is 0 Å². The molecule has 30 heavy (non-hydrogen) atoms. The maximum absolute atomic E-state index is 6.71. The molecule has 6 heteroatoms. The summed E-state index contributed by atoms with van der Waals surface area (Å²) in [6, 6.07) is 18.3. The van der Waals surface area contributed by atoms with E-state index < -0.39 is 0 Å². The molecule has 1 saturated carbocycles. The van der Waals surface area contributed by atoms with Gasteiger partial charge in [0.15, 0.2) is 0 Å². The van der Waals surface area contributed by atoms with Gasteiger partial charge >= 0.3 is 0 Å². The number of benzene rings is 2. The minimum atomic E-state index is 0.447. The Morgan fingerprint density at radius 2 is 1.83 bits per heavy atom. The van der Waals surface area contributed by atoms with Crippen molar-refractivity contribution in [2.24, 2.45) is 0 Å². The molecule has 0 unspecified atom stereocenters. The van der Waals surface area contributed by atoms with Gasteiger partial charge in [-0.2, -0.15) is 5.10 Å². The van der Waals surface area contributed by atoms with Crippen molar-refractivity contribution in [2.45, 2.75) is 25.2 Å². The second kappa shape index (κ2) is 6.89. The van der Waals surface area contributed by atoms with Gasteiger partial charge in [-0.05, 0) is 31.0 Å². The van der Waals surface area contributed by atoms with Crippen LogP contribution in [-0.2, 0) is 0 Å². The van der Waals surface area contributed by atoms with E-state index in [0.717, 1.165) is 57.6 Å². The van der Waals surface area contributed by atoms with Crippen LogP contribution in [0.15, 0.2) is 67.1 Å². The summed E-state index contributed by atoms with van der Waals surface area (Å²) in [5.41, 5.74) is 5.46. The number of halogens is 1. The zero-order chi connectivity index (χ0) is 20.1. The van der Waals surface area contributed by atoms with E-state index in [9.17, 15) is 0 Å². The van der Waals surface area contributed by atoms with E-state index in [2.05, 4.69) is 28.3 Å². The number of rotatable bonds is 3. The van der Waals surface area contributed by atoms with Gasteiger partial charge in [0.25, 0.3) is 0 Å². The first kappa shape index (κ1) is 17.5. The summed E-state index contributed by atoms with van der Waals surface area (Å²) >= 11 is 6.71. The van der Waals surface area contributed by atoms with Crippen LogP contribution in [0, 0.1) is 0 Å². The first-order valence-electron chi connectivity index (χ1n) is 10.1. The Kier molecular flexibility index (Phi) is 4.03. The highest BCUT2D eigenvalue weighted by Gasteiger charge is 2.27. The molecule has 0 radical (unpaired) electrons. The second-order valence-corrected chi connectivity index (χ2v) is 8.15. The minimum absolute atomic E-state index is 0.447. The van der Waals surface area contributed by atoms with Crippen molar-refractivity contribution in [3.63, 3.8) is 0 Å². The predicted octanol–water partition coefficient (Wildman–Crippen LogP) is 5.93. The quantitative estimate of drug-likeness (QED) is 0.369. The number of aromatic nitrogens is 5. The maximum Gasteiger partial charge on any atom is 0.136 e. The number of hydrogen-bond acceptors (Lipinski definition) is 4. The fourth-order valence-corrected chi connectivity index (χ4v) is 4.35. The van der Waals surface area contributed by atoms with Crippen LogP contribution >= 0.6 is 11.6 Å². The average molecular weight is 412 g/mol. The van der Waals surface area contributed by atoms with Crippen LogP contribution in [0.2, 0.25) is 5.02 Å². The average Bonchev–Trinajstić information content (AvgIpc) is 3.11. The van der Waals surface area contributed by atoms with Gasteiger partial charge < -0.3 is 0 Å². The van der Waals surface area contributed by atoms with Gasteiger partial charge in [-0.1, -0.05) is 54.4 Å². The normalized spacial score (nSPS) is 14.3. The van der Waals surface area contributed by atoms with Crippen LogP contribution in [0.3, 0.4) is 0 Å². The second-order valence-electron chi connectivity index (χ2n) is 7.74. The summed E-state index contributed by atoms with van der Waals surface area (Å²) in [7, 11) is 0. The van der Waals surface area contributed by atoms with Crippen molar-refractivity contribution in [3.05, 3.63) is 78.0 Å². The third-order valence-electron chi connectivity index (χ3n) is 5.92. The summed E-state index contributed by atoms with van der Waals surface area (Å²) < 4.78 is 1.92. The largest absolute Gasteiger partial charge is 0.248 e. The minimum Gasteiger partial charge on any atom is -0.248 e. The topological polar surface area (TPSA) is 56.0 Å². The molecular weight excluding hydrogens is 394 g/mol. The number of pyridine rings is 1. The summed E-state index contributed by atoms with van der Waals surface area (Å²) in [4.78, 5) is 14.1. The summed E-state index contributed by atoms with van der Waals surface area (Å²) in [6.45, 7) is 0. The van der Waals surface area contributed by atoms with Gasteiger partial charge in [0, 0.05) is 22.4 Å². The van der Waals surface area contributed by atoms with Crippen LogP contribution in [0.25, 0.3) is 38.9 Å². The standard InChI is InChI=1S/C24H18ClN5/c25-19-11-17-9-10-20(15-5-2-1-3-6-15)28-21(17)12-18(19)23-22-13-26-14-27-30(22)24(29-23)16-7-4-8-16/h1-3,5-6,9-14,16H,4,7-8H2. The van der Waals surface area contributed by atoms with Gasteiger partial charge in [0.1, 0.15) is 23.4 Å². The van der Waals surface area contributed by atoms with Gasteiger partial charge in [0.05, 0.1) is 22.4 Å². The molecule has 3 heterocycles. The molecular formula is C24H18ClN5. The SMILES string of the molecule is Clc1cc2ccc(-c3ccccc3)nc2cc1-c1nc(C2CCC2)n2ncncc12. The number of hydrogen-bond donors (Lipinski definition) is 0. The predicted molar refractivity (Wildman–Crippen MR) is 119 cm³/mol. The molecule has 0 bridgehead atoms. The Labute approximate surface area is 178 Å². The molecule has 3 aromatic heterocycles. The van der Waals surface area contributed by atoms with E-state index in [0.29, 0.717) is 10.9 Å². The van der Waals surface area contributed by atoms with Crippen LogP contribution in [-0.4, -0.2) is 24.6 Å². The Morgan fingerprint density at radius 1 is 0.967 bits per heavy atom. The molecule has 2 aromatic carbocycles. The lowest BCUT2D eigenvalue weighted by molar-refractivity contribution is 0.396. The van der Waals surface area contributed by atoms with Crippen molar-refractivity contribution in [3.8, 4) is 22.5 Å².